The monoisotopic (exact) mass is 492 g/mol. The predicted octanol–water partition coefficient (Wildman–Crippen LogP) is 3.57. The largest absolute Gasteiger partial charge is 0.336 e. The maximum atomic E-state index is 13.4. The minimum absolute atomic E-state index is 0.0786. The summed E-state index contributed by atoms with van der Waals surface area (Å²) in [5, 5.41) is 4.61. The number of hydrogen-bond donors (Lipinski definition) is 0. The van der Waals surface area contributed by atoms with Gasteiger partial charge in [-0.2, -0.15) is 9.40 Å². The van der Waals surface area contributed by atoms with E-state index in [-0.39, 0.29) is 5.91 Å². The highest BCUT2D eigenvalue weighted by Gasteiger charge is 2.32. The molecular weight excluding hydrogens is 460 g/mol. The van der Waals surface area contributed by atoms with Gasteiger partial charge in [-0.15, -0.1) is 0 Å². The molecule has 0 spiro atoms. The second kappa shape index (κ2) is 9.59. The molecule has 0 atom stereocenters. The molecule has 0 unspecified atom stereocenters. The van der Waals surface area contributed by atoms with Gasteiger partial charge in [0, 0.05) is 31.9 Å². The highest BCUT2D eigenvalue weighted by Crippen LogP contribution is 2.27. The van der Waals surface area contributed by atoms with E-state index < -0.39 is 10.0 Å². The average Bonchev–Trinajstić information content (AvgIpc) is 3.16. The summed E-state index contributed by atoms with van der Waals surface area (Å²) >= 11 is 0. The van der Waals surface area contributed by atoms with E-state index in [1.165, 1.54) is 16.3 Å². The van der Waals surface area contributed by atoms with Gasteiger partial charge in [0.05, 0.1) is 22.7 Å². The van der Waals surface area contributed by atoms with Crippen LogP contribution in [0.25, 0.3) is 0 Å². The molecule has 35 heavy (non-hydrogen) atoms. The smallest absolute Gasteiger partial charge is 0.257 e. The number of benzene rings is 2. The highest BCUT2D eigenvalue weighted by atomic mass is 32.2. The van der Waals surface area contributed by atoms with E-state index in [1.807, 2.05) is 61.0 Å². The van der Waals surface area contributed by atoms with E-state index in [1.54, 1.807) is 11.0 Å². The summed E-state index contributed by atoms with van der Waals surface area (Å²) in [6, 6.07) is 15.6. The van der Waals surface area contributed by atoms with Crippen LogP contribution in [0.15, 0.2) is 53.4 Å². The Labute approximate surface area is 207 Å². The zero-order chi connectivity index (χ0) is 24.6. The lowest BCUT2D eigenvalue weighted by Crippen LogP contribution is -2.50. The van der Waals surface area contributed by atoms with Gasteiger partial charge in [0.1, 0.15) is 0 Å². The first-order chi connectivity index (χ1) is 16.8. The number of fused-ring (bicyclic) bond motifs is 1. The standard InChI is InChI=1S/C27H32N4O3S/c1-20-26(21(2)31(28-20)19-22-8-4-3-5-9-22)27(32)29-14-16-30(17-15-29)35(33,34)25-13-12-23-10-6-7-11-24(23)18-25/h3-5,8-9,12-13,18H,6-7,10-11,14-17,19H2,1-2H3. The third-order valence-corrected chi connectivity index (χ3v) is 9.15. The first-order valence-corrected chi connectivity index (χ1v) is 13.8. The number of carbonyl (C=O) groups is 1. The maximum Gasteiger partial charge on any atom is 0.257 e. The summed E-state index contributed by atoms with van der Waals surface area (Å²) in [6.07, 6.45) is 4.24. The third kappa shape index (κ3) is 4.65. The summed E-state index contributed by atoms with van der Waals surface area (Å²) in [6.45, 7) is 5.71. The lowest BCUT2D eigenvalue weighted by atomic mass is 9.92. The van der Waals surface area contributed by atoms with Crippen molar-refractivity contribution in [3.8, 4) is 0 Å². The third-order valence-electron chi connectivity index (χ3n) is 7.25. The molecule has 0 N–H and O–H groups in total. The second-order valence-corrected chi connectivity index (χ2v) is 11.5. The molecular formula is C27H32N4O3S. The zero-order valence-electron chi connectivity index (χ0n) is 20.4. The molecule has 3 aromatic rings. The van der Waals surface area contributed by atoms with Crippen molar-refractivity contribution < 1.29 is 13.2 Å². The van der Waals surface area contributed by atoms with Crippen molar-refractivity contribution in [2.24, 2.45) is 0 Å². The van der Waals surface area contributed by atoms with Crippen molar-refractivity contribution in [1.29, 1.82) is 0 Å². The SMILES string of the molecule is Cc1nn(Cc2ccccc2)c(C)c1C(=O)N1CCN(S(=O)(=O)c2ccc3c(c2)CCCC3)CC1. The van der Waals surface area contributed by atoms with E-state index in [9.17, 15) is 13.2 Å². The first-order valence-electron chi connectivity index (χ1n) is 12.3. The number of aryl methyl sites for hydroxylation is 3. The first kappa shape index (κ1) is 23.8. The number of rotatable bonds is 5. The van der Waals surface area contributed by atoms with Gasteiger partial charge in [0.15, 0.2) is 0 Å². The van der Waals surface area contributed by atoms with Crippen LogP contribution >= 0.6 is 0 Å². The summed E-state index contributed by atoms with van der Waals surface area (Å²) < 4.78 is 30.0. The zero-order valence-corrected chi connectivity index (χ0v) is 21.2. The van der Waals surface area contributed by atoms with Crippen molar-refractivity contribution in [3.05, 3.63) is 82.2 Å². The maximum absolute atomic E-state index is 13.4. The van der Waals surface area contributed by atoms with E-state index in [2.05, 4.69) is 5.10 Å². The molecule has 1 amide bonds. The number of nitrogens with zero attached hydrogens (tertiary/aromatic N) is 4. The van der Waals surface area contributed by atoms with E-state index in [0.29, 0.717) is 48.9 Å². The quantitative estimate of drug-likeness (QED) is 0.546. The normalized spacial score (nSPS) is 16.8. The molecule has 0 bridgehead atoms. The molecule has 2 aliphatic rings. The Morgan fingerprint density at radius 2 is 1.60 bits per heavy atom. The van der Waals surface area contributed by atoms with Crippen molar-refractivity contribution in [1.82, 2.24) is 19.0 Å². The Bertz CT molecular complexity index is 1340. The molecule has 8 heteroatoms. The summed E-state index contributed by atoms with van der Waals surface area (Å²) in [4.78, 5) is 15.5. The summed E-state index contributed by atoms with van der Waals surface area (Å²) in [5.41, 5.74) is 5.70. The van der Waals surface area contributed by atoms with Crippen LogP contribution < -0.4 is 0 Å². The Kier molecular flexibility index (Phi) is 6.51. The fourth-order valence-corrected chi connectivity index (χ4v) is 6.70. The van der Waals surface area contributed by atoms with Crippen LogP contribution in [0.4, 0.5) is 0 Å². The van der Waals surface area contributed by atoms with Crippen molar-refractivity contribution in [2.45, 2.75) is 51.0 Å². The molecule has 184 valence electrons. The average molecular weight is 493 g/mol. The van der Waals surface area contributed by atoms with Crippen LogP contribution in [0.5, 0.6) is 0 Å². The van der Waals surface area contributed by atoms with Gasteiger partial charge < -0.3 is 4.90 Å². The molecule has 2 aromatic carbocycles. The summed E-state index contributed by atoms with van der Waals surface area (Å²) in [5.74, 6) is -0.0786. The number of amides is 1. The number of sulfonamides is 1. The minimum Gasteiger partial charge on any atom is -0.336 e. The Balaban J connectivity index is 1.28. The van der Waals surface area contributed by atoms with Crippen LogP contribution in [0.1, 0.15) is 51.3 Å². The van der Waals surface area contributed by atoms with Crippen molar-refractivity contribution in [2.75, 3.05) is 26.2 Å². The lowest BCUT2D eigenvalue weighted by Gasteiger charge is -2.34. The molecule has 1 aromatic heterocycles. The fourth-order valence-electron chi connectivity index (χ4n) is 5.23. The van der Waals surface area contributed by atoms with Crippen LogP contribution in [-0.4, -0.2) is 59.5 Å². The molecule has 2 heterocycles. The van der Waals surface area contributed by atoms with E-state index in [4.69, 9.17) is 0 Å². The summed E-state index contributed by atoms with van der Waals surface area (Å²) in [7, 11) is -3.58. The second-order valence-electron chi connectivity index (χ2n) is 9.52. The van der Waals surface area contributed by atoms with Crippen molar-refractivity contribution >= 4 is 15.9 Å². The Morgan fingerprint density at radius 1 is 0.914 bits per heavy atom. The highest BCUT2D eigenvalue weighted by molar-refractivity contribution is 7.89. The molecule has 0 saturated carbocycles. The molecule has 1 aliphatic heterocycles. The molecule has 1 saturated heterocycles. The molecule has 7 nitrogen and oxygen atoms in total. The van der Waals surface area contributed by atoms with Gasteiger partial charge in [-0.25, -0.2) is 8.42 Å². The van der Waals surface area contributed by atoms with Gasteiger partial charge in [0.25, 0.3) is 5.91 Å². The number of aromatic nitrogens is 2. The number of carbonyl (C=O) groups excluding carboxylic acids is 1. The van der Waals surface area contributed by atoms with Crippen LogP contribution in [0, 0.1) is 13.8 Å². The molecule has 5 rings (SSSR count). The van der Waals surface area contributed by atoms with E-state index >= 15 is 0 Å². The fraction of sp³-hybridized carbons (Fsp3) is 0.407. The number of piperazine rings is 1. The molecule has 0 radical (unpaired) electrons. The van der Waals surface area contributed by atoms with Crippen LogP contribution in [0.2, 0.25) is 0 Å². The van der Waals surface area contributed by atoms with Gasteiger partial charge in [-0.05, 0) is 68.4 Å². The minimum atomic E-state index is -3.58. The van der Waals surface area contributed by atoms with Crippen LogP contribution in [0.3, 0.4) is 0 Å². The van der Waals surface area contributed by atoms with Gasteiger partial charge >= 0.3 is 0 Å². The predicted molar refractivity (Wildman–Crippen MR) is 135 cm³/mol. The van der Waals surface area contributed by atoms with E-state index in [0.717, 1.165) is 36.1 Å². The topological polar surface area (TPSA) is 75.5 Å². The van der Waals surface area contributed by atoms with Gasteiger partial charge in [-0.1, -0.05) is 36.4 Å². The molecule has 1 fully saturated rings. The van der Waals surface area contributed by atoms with Crippen LogP contribution in [-0.2, 0) is 29.4 Å². The van der Waals surface area contributed by atoms with Gasteiger partial charge in [-0.3, -0.25) is 9.48 Å². The molecule has 1 aliphatic carbocycles. The Morgan fingerprint density at radius 3 is 2.31 bits per heavy atom. The van der Waals surface area contributed by atoms with Gasteiger partial charge in [0.2, 0.25) is 10.0 Å². The lowest BCUT2D eigenvalue weighted by molar-refractivity contribution is 0.0696. The Hall–Kier alpha value is -2.97. The number of hydrogen-bond acceptors (Lipinski definition) is 4. The van der Waals surface area contributed by atoms with Crippen molar-refractivity contribution in [3.63, 3.8) is 0 Å².